The van der Waals surface area contributed by atoms with E-state index in [1.165, 1.54) is 4.88 Å². The topological polar surface area (TPSA) is 32.3 Å². The quantitative estimate of drug-likeness (QED) is 0.806. The summed E-state index contributed by atoms with van der Waals surface area (Å²) in [6, 6.07) is 4.16. The van der Waals surface area contributed by atoms with Gasteiger partial charge in [-0.2, -0.15) is 0 Å². The van der Waals surface area contributed by atoms with E-state index in [4.69, 9.17) is 0 Å². The standard InChI is InChI=1S/C12H16N2OS/c1-9-2-3-11(16-9)14-8-12(6-10(14)15)4-5-13-7-12/h2-3,13H,4-8H2,1H3. The molecule has 1 amide bonds. The largest absolute Gasteiger partial charge is 0.316 e. The van der Waals surface area contributed by atoms with E-state index in [9.17, 15) is 4.79 Å². The molecule has 1 N–H and O–H groups in total. The molecule has 0 bridgehead atoms. The number of aryl methyl sites for hydroxylation is 1. The summed E-state index contributed by atoms with van der Waals surface area (Å²) in [5.74, 6) is 0.297. The summed E-state index contributed by atoms with van der Waals surface area (Å²) < 4.78 is 0. The molecule has 1 atom stereocenters. The zero-order chi connectivity index (χ0) is 11.2. The molecule has 4 heteroatoms. The number of rotatable bonds is 1. The minimum absolute atomic E-state index is 0.217. The van der Waals surface area contributed by atoms with Crippen LogP contribution in [0.2, 0.25) is 0 Å². The first-order valence-electron chi connectivity index (χ1n) is 5.76. The van der Waals surface area contributed by atoms with Crippen LogP contribution >= 0.6 is 11.3 Å². The van der Waals surface area contributed by atoms with Gasteiger partial charge in [-0.3, -0.25) is 4.79 Å². The number of hydrogen-bond donors (Lipinski definition) is 1. The van der Waals surface area contributed by atoms with Gasteiger partial charge < -0.3 is 10.2 Å². The molecule has 1 unspecified atom stereocenters. The van der Waals surface area contributed by atoms with Crippen LogP contribution in [0.1, 0.15) is 17.7 Å². The van der Waals surface area contributed by atoms with Gasteiger partial charge in [0, 0.05) is 29.8 Å². The number of nitrogens with one attached hydrogen (secondary N) is 1. The molecule has 86 valence electrons. The highest BCUT2D eigenvalue weighted by atomic mass is 32.1. The van der Waals surface area contributed by atoms with Crippen molar-refractivity contribution in [1.29, 1.82) is 0 Å². The highest BCUT2D eigenvalue weighted by molar-refractivity contribution is 7.16. The molecule has 0 radical (unpaired) electrons. The highest BCUT2D eigenvalue weighted by Gasteiger charge is 2.45. The molecule has 2 aliphatic rings. The van der Waals surface area contributed by atoms with Crippen LogP contribution in [0.25, 0.3) is 0 Å². The van der Waals surface area contributed by atoms with Crippen LogP contribution in [0, 0.1) is 12.3 Å². The van der Waals surface area contributed by atoms with Gasteiger partial charge in [0.25, 0.3) is 0 Å². The lowest BCUT2D eigenvalue weighted by Gasteiger charge is -2.21. The number of nitrogens with zero attached hydrogens (tertiary/aromatic N) is 1. The molecule has 3 rings (SSSR count). The monoisotopic (exact) mass is 236 g/mol. The second-order valence-electron chi connectivity index (χ2n) is 4.97. The van der Waals surface area contributed by atoms with E-state index in [0.717, 1.165) is 37.5 Å². The van der Waals surface area contributed by atoms with Crippen molar-refractivity contribution in [1.82, 2.24) is 5.32 Å². The van der Waals surface area contributed by atoms with Gasteiger partial charge in [-0.15, -0.1) is 11.3 Å². The van der Waals surface area contributed by atoms with Gasteiger partial charge >= 0.3 is 0 Å². The first-order valence-corrected chi connectivity index (χ1v) is 6.58. The first-order chi connectivity index (χ1) is 7.69. The summed E-state index contributed by atoms with van der Waals surface area (Å²) in [6.45, 7) is 5.05. The molecule has 3 nitrogen and oxygen atoms in total. The molecule has 0 aromatic carbocycles. The second kappa shape index (κ2) is 3.57. The molecule has 2 aliphatic heterocycles. The summed E-state index contributed by atoms with van der Waals surface area (Å²) in [4.78, 5) is 15.3. The smallest absolute Gasteiger partial charge is 0.228 e. The maximum absolute atomic E-state index is 12.0. The number of carbonyl (C=O) groups excluding carboxylic acids is 1. The maximum Gasteiger partial charge on any atom is 0.228 e. The Hall–Kier alpha value is -0.870. The van der Waals surface area contributed by atoms with Gasteiger partial charge in [0.15, 0.2) is 0 Å². The predicted molar refractivity (Wildman–Crippen MR) is 65.9 cm³/mol. The number of amides is 1. The lowest BCUT2D eigenvalue weighted by Crippen LogP contribution is -2.29. The number of carbonyl (C=O) groups is 1. The normalized spacial score (nSPS) is 29.6. The van der Waals surface area contributed by atoms with Gasteiger partial charge in [0.05, 0.1) is 5.00 Å². The highest BCUT2D eigenvalue weighted by Crippen LogP contribution is 2.40. The van der Waals surface area contributed by atoms with E-state index < -0.39 is 0 Å². The average molecular weight is 236 g/mol. The van der Waals surface area contributed by atoms with E-state index >= 15 is 0 Å². The van der Waals surface area contributed by atoms with Gasteiger partial charge in [0.2, 0.25) is 5.91 Å². The van der Waals surface area contributed by atoms with Gasteiger partial charge in [-0.1, -0.05) is 0 Å². The van der Waals surface area contributed by atoms with Crippen LogP contribution in [0.3, 0.4) is 0 Å². The lowest BCUT2D eigenvalue weighted by molar-refractivity contribution is -0.117. The minimum atomic E-state index is 0.217. The van der Waals surface area contributed by atoms with E-state index in [0.29, 0.717) is 5.91 Å². The Morgan fingerprint density at radius 2 is 2.38 bits per heavy atom. The van der Waals surface area contributed by atoms with Crippen molar-refractivity contribution in [3.8, 4) is 0 Å². The molecule has 16 heavy (non-hydrogen) atoms. The second-order valence-corrected chi connectivity index (χ2v) is 6.23. The van der Waals surface area contributed by atoms with E-state index in [-0.39, 0.29) is 5.41 Å². The molecule has 1 spiro atoms. The Labute approximate surface area is 99.5 Å². The van der Waals surface area contributed by atoms with Gasteiger partial charge in [-0.05, 0) is 32.0 Å². The molecule has 2 saturated heterocycles. The van der Waals surface area contributed by atoms with Crippen LogP contribution in [-0.4, -0.2) is 25.5 Å². The summed E-state index contributed by atoms with van der Waals surface area (Å²) in [7, 11) is 0. The summed E-state index contributed by atoms with van der Waals surface area (Å²) >= 11 is 1.72. The zero-order valence-corrected chi connectivity index (χ0v) is 10.3. The van der Waals surface area contributed by atoms with Crippen molar-refractivity contribution in [2.45, 2.75) is 19.8 Å². The molecular formula is C12H16N2OS. The fraction of sp³-hybridized carbons (Fsp3) is 0.583. The van der Waals surface area contributed by atoms with Crippen molar-refractivity contribution < 1.29 is 4.79 Å². The fourth-order valence-electron chi connectivity index (χ4n) is 2.74. The molecule has 0 aliphatic carbocycles. The third-order valence-corrected chi connectivity index (χ3v) is 4.67. The fourth-order valence-corrected chi connectivity index (χ4v) is 3.62. The van der Waals surface area contributed by atoms with Crippen LogP contribution in [-0.2, 0) is 4.79 Å². The Balaban J connectivity index is 1.85. The van der Waals surface area contributed by atoms with Crippen molar-refractivity contribution >= 4 is 22.2 Å². The Bertz CT molecular complexity index is 420. The van der Waals surface area contributed by atoms with E-state index in [1.807, 2.05) is 4.90 Å². The molecular weight excluding hydrogens is 220 g/mol. The van der Waals surface area contributed by atoms with Crippen molar-refractivity contribution in [2.24, 2.45) is 5.41 Å². The summed E-state index contributed by atoms with van der Waals surface area (Å²) in [6.07, 6.45) is 1.86. The van der Waals surface area contributed by atoms with Crippen molar-refractivity contribution in [3.05, 3.63) is 17.0 Å². The summed E-state index contributed by atoms with van der Waals surface area (Å²) in [5.41, 5.74) is 0.217. The first kappa shape index (κ1) is 10.3. The average Bonchev–Trinajstić information content (AvgIpc) is 2.90. The Morgan fingerprint density at radius 1 is 1.50 bits per heavy atom. The SMILES string of the molecule is Cc1ccc(N2CC3(CCNC3)CC2=O)s1. The lowest BCUT2D eigenvalue weighted by atomic mass is 9.86. The molecule has 3 heterocycles. The zero-order valence-electron chi connectivity index (χ0n) is 9.45. The Kier molecular flexibility index (Phi) is 2.30. The molecule has 1 aromatic rings. The van der Waals surface area contributed by atoms with Crippen LogP contribution in [0.5, 0.6) is 0 Å². The minimum Gasteiger partial charge on any atom is -0.316 e. The molecule has 1 aromatic heterocycles. The van der Waals surface area contributed by atoms with Crippen LogP contribution < -0.4 is 10.2 Å². The third kappa shape index (κ3) is 1.57. The van der Waals surface area contributed by atoms with Crippen molar-refractivity contribution in [2.75, 3.05) is 24.5 Å². The third-order valence-electron chi connectivity index (χ3n) is 3.65. The Morgan fingerprint density at radius 3 is 3.00 bits per heavy atom. The molecule has 0 saturated carbocycles. The number of anilines is 1. The molecule has 2 fully saturated rings. The number of hydrogen-bond acceptors (Lipinski definition) is 3. The van der Waals surface area contributed by atoms with Gasteiger partial charge in [0.1, 0.15) is 0 Å². The van der Waals surface area contributed by atoms with Crippen molar-refractivity contribution in [3.63, 3.8) is 0 Å². The van der Waals surface area contributed by atoms with Crippen LogP contribution in [0.15, 0.2) is 12.1 Å². The maximum atomic E-state index is 12.0. The van der Waals surface area contributed by atoms with Crippen LogP contribution in [0.4, 0.5) is 5.00 Å². The van der Waals surface area contributed by atoms with E-state index in [1.54, 1.807) is 11.3 Å². The van der Waals surface area contributed by atoms with E-state index in [2.05, 4.69) is 24.4 Å². The summed E-state index contributed by atoms with van der Waals surface area (Å²) in [5, 5.41) is 4.49. The predicted octanol–water partition coefficient (Wildman–Crippen LogP) is 1.77. The van der Waals surface area contributed by atoms with Gasteiger partial charge in [-0.25, -0.2) is 0 Å². The number of thiophene rings is 1.